The zero-order chi connectivity index (χ0) is 14.5. The molecular formula is C18H34O. The summed E-state index contributed by atoms with van der Waals surface area (Å²) in [5.74, 6) is 1.50. The van der Waals surface area contributed by atoms with Crippen LogP contribution in [0, 0.1) is 28.1 Å². The van der Waals surface area contributed by atoms with Crippen LogP contribution >= 0.6 is 0 Å². The van der Waals surface area contributed by atoms with Crippen LogP contribution in [-0.2, 0) is 0 Å². The number of aliphatic hydroxyl groups is 1. The summed E-state index contributed by atoms with van der Waals surface area (Å²) in [5, 5.41) is 10.4. The molecule has 1 N–H and O–H groups in total. The first-order valence-electron chi connectivity index (χ1n) is 8.34. The molecule has 0 aromatic heterocycles. The van der Waals surface area contributed by atoms with Crippen LogP contribution in [-0.4, -0.2) is 11.2 Å². The summed E-state index contributed by atoms with van der Waals surface area (Å²) in [6, 6.07) is 0. The van der Waals surface area contributed by atoms with E-state index in [2.05, 4.69) is 41.5 Å². The van der Waals surface area contributed by atoms with Crippen molar-refractivity contribution in [3.63, 3.8) is 0 Å². The minimum Gasteiger partial charge on any atom is -0.393 e. The second kappa shape index (κ2) is 4.76. The monoisotopic (exact) mass is 266 g/mol. The lowest BCUT2D eigenvalue weighted by Crippen LogP contribution is -2.57. The van der Waals surface area contributed by atoms with E-state index in [1.165, 1.54) is 32.1 Å². The molecule has 0 aromatic carbocycles. The molecule has 2 aliphatic rings. The molecule has 4 unspecified atom stereocenters. The van der Waals surface area contributed by atoms with Crippen molar-refractivity contribution >= 4 is 0 Å². The molecule has 2 fully saturated rings. The van der Waals surface area contributed by atoms with Crippen molar-refractivity contribution in [3.05, 3.63) is 0 Å². The van der Waals surface area contributed by atoms with Crippen LogP contribution in [0.25, 0.3) is 0 Å². The maximum Gasteiger partial charge on any atom is 0.0594 e. The van der Waals surface area contributed by atoms with Gasteiger partial charge in [0, 0.05) is 0 Å². The minimum absolute atomic E-state index is 0.0927. The Bertz CT molecular complexity index is 327. The molecule has 0 heterocycles. The topological polar surface area (TPSA) is 20.2 Å². The fraction of sp³-hybridized carbons (Fsp3) is 1.00. The summed E-state index contributed by atoms with van der Waals surface area (Å²) < 4.78 is 0. The highest BCUT2D eigenvalue weighted by atomic mass is 16.3. The van der Waals surface area contributed by atoms with E-state index in [1.54, 1.807) is 0 Å². The van der Waals surface area contributed by atoms with Crippen LogP contribution in [0.15, 0.2) is 0 Å². The number of rotatable bonds is 2. The molecule has 2 rings (SSSR count). The van der Waals surface area contributed by atoms with Crippen molar-refractivity contribution in [2.75, 3.05) is 0 Å². The van der Waals surface area contributed by atoms with E-state index >= 15 is 0 Å². The molecule has 0 saturated heterocycles. The van der Waals surface area contributed by atoms with Crippen molar-refractivity contribution in [3.8, 4) is 0 Å². The van der Waals surface area contributed by atoms with E-state index in [-0.39, 0.29) is 11.5 Å². The van der Waals surface area contributed by atoms with Gasteiger partial charge in [-0.1, -0.05) is 48.0 Å². The van der Waals surface area contributed by atoms with Gasteiger partial charge in [0.2, 0.25) is 0 Å². The Hall–Kier alpha value is -0.0400. The molecule has 1 heteroatoms. The maximum atomic E-state index is 10.4. The second-order valence-corrected chi connectivity index (χ2v) is 8.80. The first kappa shape index (κ1) is 15.4. The summed E-state index contributed by atoms with van der Waals surface area (Å²) in [6.07, 6.45) is 7.38. The summed E-state index contributed by atoms with van der Waals surface area (Å²) in [7, 11) is 0. The molecule has 0 aliphatic heterocycles. The molecular weight excluding hydrogens is 232 g/mol. The Kier molecular flexibility index (Phi) is 3.84. The van der Waals surface area contributed by atoms with Crippen LogP contribution in [0.5, 0.6) is 0 Å². The quantitative estimate of drug-likeness (QED) is 0.743. The Morgan fingerprint density at radius 2 is 1.63 bits per heavy atom. The highest BCUT2D eigenvalue weighted by Crippen LogP contribution is 2.64. The Labute approximate surface area is 120 Å². The minimum atomic E-state index is -0.103. The normalized spacial score (nSPS) is 44.7. The summed E-state index contributed by atoms with van der Waals surface area (Å²) in [4.78, 5) is 0. The predicted molar refractivity (Wildman–Crippen MR) is 82.0 cm³/mol. The third-order valence-corrected chi connectivity index (χ3v) is 6.90. The van der Waals surface area contributed by atoms with Gasteiger partial charge in [-0.25, -0.2) is 0 Å². The van der Waals surface area contributed by atoms with Crippen molar-refractivity contribution in [2.24, 2.45) is 28.1 Å². The highest BCUT2D eigenvalue weighted by molar-refractivity contribution is 5.07. The lowest BCUT2D eigenvalue weighted by atomic mass is 9.42. The largest absolute Gasteiger partial charge is 0.393 e. The van der Waals surface area contributed by atoms with Crippen LogP contribution in [0.2, 0.25) is 0 Å². The average Bonchev–Trinajstić information content (AvgIpc) is 2.29. The van der Waals surface area contributed by atoms with Gasteiger partial charge in [-0.05, 0) is 60.2 Å². The molecule has 4 atom stereocenters. The fourth-order valence-corrected chi connectivity index (χ4v) is 5.79. The van der Waals surface area contributed by atoms with Crippen molar-refractivity contribution in [1.29, 1.82) is 0 Å². The number of hydrogen-bond acceptors (Lipinski definition) is 1. The molecule has 2 saturated carbocycles. The molecule has 0 bridgehead atoms. The summed E-state index contributed by atoms with van der Waals surface area (Å²) >= 11 is 0. The van der Waals surface area contributed by atoms with Gasteiger partial charge in [-0.15, -0.1) is 0 Å². The Balaban J connectivity index is 2.38. The molecule has 2 aliphatic carbocycles. The van der Waals surface area contributed by atoms with E-state index in [9.17, 15) is 5.11 Å². The molecule has 0 spiro atoms. The fourth-order valence-electron chi connectivity index (χ4n) is 5.79. The van der Waals surface area contributed by atoms with Crippen LogP contribution in [0.3, 0.4) is 0 Å². The predicted octanol–water partition coefficient (Wildman–Crippen LogP) is 5.03. The van der Waals surface area contributed by atoms with Crippen molar-refractivity contribution < 1.29 is 5.11 Å². The van der Waals surface area contributed by atoms with E-state index in [0.29, 0.717) is 16.7 Å². The van der Waals surface area contributed by atoms with Gasteiger partial charge >= 0.3 is 0 Å². The lowest BCUT2D eigenvalue weighted by molar-refractivity contribution is -0.168. The third-order valence-electron chi connectivity index (χ3n) is 6.90. The summed E-state index contributed by atoms with van der Waals surface area (Å²) in [5.41, 5.74) is 0.996. The highest BCUT2D eigenvalue weighted by Gasteiger charge is 2.58. The van der Waals surface area contributed by atoms with Gasteiger partial charge in [0.25, 0.3) is 0 Å². The number of fused-ring (bicyclic) bond motifs is 1. The molecule has 112 valence electrons. The molecule has 0 radical (unpaired) electrons. The van der Waals surface area contributed by atoms with E-state index in [1.807, 2.05) is 0 Å². The van der Waals surface area contributed by atoms with Gasteiger partial charge < -0.3 is 5.11 Å². The standard InChI is InChI=1S/C18H34O/c1-7-8-13-16(2,3)11-9-14-17(4,5)15(19)10-12-18(13,14)6/h13-15,19H,7-12H2,1-6H3. The van der Waals surface area contributed by atoms with E-state index in [0.717, 1.165) is 12.3 Å². The average molecular weight is 266 g/mol. The Morgan fingerprint density at radius 3 is 2.21 bits per heavy atom. The Morgan fingerprint density at radius 1 is 1.00 bits per heavy atom. The number of aliphatic hydroxyl groups excluding tert-OH is 1. The van der Waals surface area contributed by atoms with Crippen molar-refractivity contribution in [2.45, 2.75) is 86.2 Å². The van der Waals surface area contributed by atoms with Gasteiger partial charge in [0.05, 0.1) is 6.10 Å². The molecule has 1 nitrogen and oxygen atoms in total. The first-order valence-corrected chi connectivity index (χ1v) is 8.34. The van der Waals surface area contributed by atoms with E-state index in [4.69, 9.17) is 0 Å². The van der Waals surface area contributed by atoms with Crippen LogP contribution in [0.4, 0.5) is 0 Å². The molecule has 19 heavy (non-hydrogen) atoms. The number of hydrogen-bond donors (Lipinski definition) is 1. The summed E-state index contributed by atoms with van der Waals surface area (Å²) in [6.45, 7) is 14.4. The zero-order valence-corrected chi connectivity index (χ0v) is 13.9. The SMILES string of the molecule is CCCC1C(C)(C)CCC2C(C)(C)C(O)CCC12C. The lowest BCUT2D eigenvalue weighted by Gasteiger charge is -2.63. The first-order chi connectivity index (χ1) is 8.66. The van der Waals surface area contributed by atoms with Crippen LogP contribution in [0.1, 0.15) is 80.1 Å². The van der Waals surface area contributed by atoms with Gasteiger partial charge in [0.1, 0.15) is 0 Å². The second-order valence-electron chi connectivity index (χ2n) is 8.80. The van der Waals surface area contributed by atoms with Gasteiger partial charge in [-0.2, -0.15) is 0 Å². The van der Waals surface area contributed by atoms with Gasteiger partial charge in [0.15, 0.2) is 0 Å². The van der Waals surface area contributed by atoms with Crippen molar-refractivity contribution in [1.82, 2.24) is 0 Å². The maximum absolute atomic E-state index is 10.4. The van der Waals surface area contributed by atoms with Crippen LogP contribution < -0.4 is 0 Å². The molecule has 0 aromatic rings. The van der Waals surface area contributed by atoms with Gasteiger partial charge in [-0.3, -0.25) is 0 Å². The van der Waals surface area contributed by atoms with E-state index < -0.39 is 0 Å². The third kappa shape index (κ3) is 2.26. The molecule has 0 amide bonds. The zero-order valence-electron chi connectivity index (χ0n) is 13.9. The smallest absolute Gasteiger partial charge is 0.0594 e.